The summed E-state index contributed by atoms with van der Waals surface area (Å²) in [5.41, 5.74) is 0.152. The molecule has 1 N–H and O–H groups in total. The summed E-state index contributed by atoms with van der Waals surface area (Å²) in [5, 5.41) is 12.1. The van der Waals surface area contributed by atoms with E-state index in [-0.39, 0.29) is 29.0 Å². The molecule has 0 unspecified atom stereocenters. The molecule has 0 aliphatic carbocycles. The van der Waals surface area contributed by atoms with Gasteiger partial charge < -0.3 is 5.32 Å². The van der Waals surface area contributed by atoms with E-state index in [4.69, 9.17) is 5.26 Å². The van der Waals surface area contributed by atoms with Crippen molar-refractivity contribution in [3.05, 3.63) is 29.8 Å². The molecular weight excluding hydrogens is 352 g/mol. The van der Waals surface area contributed by atoms with Crippen LogP contribution in [0.25, 0.3) is 0 Å². The minimum atomic E-state index is -3.70. The molecule has 1 aromatic carbocycles. The van der Waals surface area contributed by atoms with E-state index in [2.05, 4.69) is 5.32 Å². The van der Waals surface area contributed by atoms with Crippen LogP contribution >= 0.6 is 0 Å². The number of nitrogens with one attached hydrogen (secondary N) is 1. The van der Waals surface area contributed by atoms with Gasteiger partial charge in [-0.3, -0.25) is 9.69 Å². The second-order valence-corrected chi connectivity index (χ2v) is 8.28. The lowest BCUT2D eigenvalue weighted by Crippen LogP contribution is -2.51. The smallest absolute Gasteiger partial charge is 0.244 e. The first-order valence-corrected chi connectivity index (χ1v) is 10.4. The largest absolute Gasteiger partial charge is 0.352 e. The summed E-state index contributed by atoms with van der Waals surface area (Å²) in [7, 11) is -3.70. The van der Waals surface area contributed by atoms with Crippen molar-refractivity contribution >= 4 is 15.9 Å². The van der Waals surface area contributed by atoms with Gasteiger partial charge >= 0.3 is 0 Å². The molecule has 0 bridgehead atoms. The monoisotopic (exact) mass is 378 g/mol. The van der Waals surface area contributed by atoms with Crippen molar-refractivity contribution in [2.45, 2.75) is 37.6 Å². The summed E-state index contributed by atoms with van der Waals surface area (Å²) in [6, 6.07) is 8.35. The number of benzene rings is 1. The maximum Gasteiger partial charge on any atom is 0.244 e. The fourth-order valence-corrected chi connectivity index (χ4v) is 4.58. The zero-order valence-electron chi connectivity index (χ0n) is 15.3. The van der Waals surface area contributed by atoms with E-state index in [9.17, 15) is 13.2 Å². The molecule has 26 heavy (non-hydrogen) atoms. The van der Waals surface area contributed by atoms with E-state index in [0.717, 1.165) is 12.8 Å². The SMILES string of the molecule is CCC(CC)NC(=O)CN1CCN(S(=O)(=O)c2ccccc2C#N)CC1. The average molecular weight is 378 g/mol. The van der Waals surface area contributed by atoms with Crippen LogP contribution in [0.3, 0.4) is 0 Å². The van der Waals surface area contributed by atoms with Crippen molar-refractivity contribution < 1.29 is 13.2 Å². The summed E-state index contributed by atoms with van der Waals surface area (Å²) in [5.74, 6) is -0.0233. The molecule has 7 nitrogen and oxygen atoms in total. The zero-order valence-corrected chi connectivity index (χ0v) is 16.1. The van der Waals surface area contributed by atoms with Crippen molar-refractivity contribution in [2.24, 2.45) is 0 Å². The molecule has 1 fully saturated rings. The Kier molecular flexibility index (Phi) is 7.14. The minimum Gasteiger partial charge on any atom is -0.352 e. The van der Waals surface area contributed by atoms with Crippen molar-refractivity contribution in [1.82, 2.24) is 14.5 Å². The Bertz CT molecular complexity index is 761. The number of carbonyl (C=O) groups is 1. The summed E-state index contributed by atoms with van der Waals surface area (Å²) >= 11 is 0. The number of rotatable bonds is 7. The van der Waals surface area contributed by atoms with Gasteiger partial charge in [-0.05, 0) is 25.0 Å². The van der Waals surface area contributed by atoms with E-state index >= 15 is 0 Å². The van der Waals surface area contributed by atoms with Crippen molar-refractivity contribution in [1.29, 1.82) is 5.26 Å². The van der Waals surface area contributed by atoms with Crippen molar-refractivity contribution in [3.8, 4) is 6.07 Å². The van der Waals surface area contributed by atoms with Crippen LogP contribution in [0.15, 0.2) is 29.2 Å². The molecule has 8 heteroatoms. The molecule has 2 rings (SSSR count). The number of nitrogens with zero attached hydrogens (tertiary/aromatic N) is 3. The minimum absolute atomic E-state index is 0.0233. The highest BCUT2D eigenvalue weighted by Gasteiger charge is 2.30. The van der Waals surface area contributed by atoms with Gasteiger partial charge in [-0.1, -0.05) is 26.0 Å². The van der Waals surface area contributed by atoms with Gasteiger partial charge in [0.1, 0.15) is 6.07 Å². The van der Waals surface area contributed by atoms with Gasteiger partial charge in [0.2, 0.25) is 15.9 Å². The number of hydrogen-bond donors (Lipinski definition) is 1. The highest BCUT2D eigenvalue weighted by Crippen LogP contribution is 2.20. The molecular formula is C18H26N4O3S. The number of piperazine rings is 1. The van der Waals surface area contributed by atoms with Crippen LogP contribution in [0.5, 0.6) is 0 Å². The predicted molar refractivity (Wildman–Crippen MR) is 98.9 cm³/mol. The van der Waals surface area contributed by atoms with Crippen LogP contribution in [0.1, 0.15) is 32.3 Å². The first-order chi connectivity index (χ1) is 12.4. The maximum atomic E-state index is 12.8. The number of amides is 1. The summed E-state index contributed by atoms with van der Waals surface area (Å²) < 4.78 is 27.0. The molecule has 1 aromatic rings. The number of nitriles is 1. The first-order valence-electron chi connectivity index (χ1n) is 8.93. The Balaban J connectivity index is 1.96. The molecule has 0 saturated carbocycles. The van der Waals surface area contributed by atoms with E-state index in [1.165, 1.54) is 16.4 Å². The quantitative estimate of drug-likeness (QED) is 0.769. The lowest BCUT2D eigenvalue weighted by atomic mass is 10.2. The van der Waals surface area contributed by atoms with Gasteiger partial charge in [0.25, 0.3) is 0 Å². The molecule has 142 valence electrons. The van der Waals surface area contributed by atoms with Gasteiger partial charge in [0, 0.05) is 32.2 Å². The van der Waals surface area contributed by atoms with Crippen molar-refractivity contribution in [2.75, 3.05) is 32.7 Å². The Morgan fingerprint density at radius 2 is 1.81 bits per heavy atom. The van der Waals surface area contributed by atoms with Crippen LogP contribution in [-0.2, 0) is 14.8 Å². The molecule has 1 amide bonds. The molecule has 1 aliphatic rings. The number of carbonyl (C=O) groups excluding carboxylic acids is 1. The average Bonchev–Trinajstić information content (AvgIpc) is 2.66. The summed E-state index contributed by atoms with van der Waals surface area (Å²) in [4.78, 5) is 14.1. The fourth-order valence-electron chi connectivity index (χ4n) is 3.02. The second kappa shape index (κ2) is 9.12. The highest BCUT2D eigenvalue weighted by atomic mass is 32.2. The molecule has 0 aromatic heterocycles. The van der Waals surface area contributed by atoms with E-state index in [1.54, 1.807) is 12.1 Å². The van der Waals surface area contributed by atoms with E-state index in [0.29, 0.717) is 26.2 Å². The second-order valence-electron chi connectivity index (χ2n) is 6.37. The van der Waals surface area contributed by atoms with Gasteiger partial charge in [-0.2, -0.15) is 9.57 Å². The standard InChI is InChI=1S/C18H26N4O3S/c1-3-16(4-2)20-18(23)14-21-9-11-22(12-10-21)26(24,25)17-8-6-5-7-15(17)13-19/h5-8,16H,3-4,9-12,14H2,1-2H3,(H,20,23). The first kappa shape index (κ1) is 20.4. The molecule has 1 aliphatic heterocycles. The van der Waals surface area contributed by atoms with Crippen LogP contribution in [0.4, 0.5) is 0 Å². The Morgan fingerprint density at radius 3 is 2.38 bits per heavy atom. The third-order valence-electron chi connectivity index (χ3n) is 4.67. The van der Waals surface area contributed by atoms with Crippen LogP contribution in [0.2, 0.25) is 0 Å². The number of sulfonamides is 1. The Morgan fingerprint density at radius 1 is 1.19 bits per heavy atom. The van der Waals surface area contributed by atoms with E-state index in [1.807, 2.05) is 24.8 Å². The van der Waals surface area contributed by atoms with Gasteiger partial charge in [-0.15, -0.1) is 0 Å². The molecule has 0 spiro atoms. The third-order valence-corrected chi connectivity index (χ3v) is 6.63. The molecule has 0 atom stereocenters. The topological polar surface area (TPSA) is 93.5 Å². The summed E-state index contributed by atoms with van der Waals surface area (Å²) in [6.45, 7) is 5.95. The molecule has 1 saturated heterocycles. The molecule has 1 heterocycles. The van der Waals surface area contributed by atoms with Gasteiger partial charge in [0.05, 0.1) is 17.0 Å². The zero-order chi connectivity index (χ0) is 19.2. The Labute approximate surface area is 155 Å². The van der Waals surface area contributed by atoms with Crippen molar-refractivity contribution in [3.63, 3.8) is 0 Å². The Hall–Kier alpha value is -1.95. The normalized spacial score (nSPS) is 16.4. The maximum absolute atomic E-state index is 12.8. The van der Waals surface area contributed by atoms with Crippen LogP contribution in [-0.4, -0.2) is 62.3 Å². The van der Waals surface area contributed by atoms with Crippen LogP contribution < -0.4 is 5.32 Å². The number of hydrogen-bond acceptors (Lipinski definition) is 5. The summed E-state index contributed by atoms with van der Waals surface area (Å²) in [6.07, 6.45) is 1.79. The lowest BCUT2D eigenvalue weighted by molar-refractivity contribution is -0.123. The molecule has 0 radical (unpaired) electrons. The lowest BCUT2D eigenvalue weighted by Gasteiger charge is -2.33. The van der Waals surface area contributed by atoms with Gasteiger partial charge in [-0.25, -0.2) is 8.42 Å². The predicted octanol–water partition coefficient (Wildman–Crippen LogP) is 1.17. The van der Waals surface area contributed by atoms with Crippen LogP contribution in [0, 0.1) is 11.3 Å². The highest BCUT2D eigenvalue weighted by molar-refractivity contribution is 7.89. The third kappa shape index (κ3) is 4.81. The van der Waals surface area contributed by atoms with E-state index < -0.39 is 10.0 Å². The van der Waals surface area contributed by atoms with Gasteiger partial charge in [0.15, 0.2) is 0 Å². The fraction of sp³-hybridized carbons (Fsp3) is 0.556.